The molecular formula is C20H17FN2O4S. The van der Waals surface area contributed by atoms with Gasteiger partial charge in [-0.05, 0) is 29.8 Å². The molecule has 0 spiro atoms. The van der Waals surface area contributed by atoms with Crippen LogP contribution in [0, 0.1) is 5.82 Å². The highest BCUT2D eigenvalue weighted by Crippen LogP contribution is 2.24. The van der Waals surface area contributed by atoms with Crippen LogP contribution in [0.25, 0.3) is 10.6 Å². The summed E-state index contributed by atoms with van der Waals surface area (Å²) in [6, 6.07) is 11.3. The van der Waals surface area contributed by atoms with Crippen molar-refractivity contribution in [1.82, 2.24) is 10.3 Å². The molecular weight excluding hydrogens is 383 g/mol. The van der Waals surface area contributed by atoms with Crippen LogP contribution in [0.2, 0.25) is 0 Å². The molecule has 144 valence electrons. The van der Waals surface area contributed by atoms with E-state index in [4.69, 9.17) is 4.74 Å². The third kappa shape index (κ3) is 4.72. The minimum atomic E-state index is -1.18. The number of benzene rings is 2. The number of carboxylic acids is 1. The monoisotopic (exact) mass is 400 g/mol. The molecule has 0 fully saturated rings. The number of amides is 1. The van der Waals surface area contributed by atoms with Gasteiger partial charge in [-0.1, -0.05) is 24.3 Å². The number of ether oxygens (including phenoxy) is 1. The summed E-state index contributed by atoms with van der Waals surface area (Å²) in [5.74, 6) is -1.42. The Hall–Kier alpha value is -3.26. The largest absolute Gasteiger partial charge is 0.497 e. The summed E-state index contributed by atoms with van der Waals surface area (Å²) in [4.78, 5) is 28.2. The highest BCUT2D eigenvalue weighted by Gasteiger charge is 2.22. The van der Waals surface area contributed by atoms with Gasteiger partial charge in [0.05, 0.1) is 19.2 Å². The lowest BCUT2D eigenvalue weighted by Crippen LogP contribution is -2.34. The number of aromatic nitrogens is 1. The third-order valence-electron chi connectivity index (χ3n) is 3.97. The maximum Gasteiger partial charge on any atom is 0.330 e. The maximum absolute atomic E-state index is 13.3. The van der Waals surface area contributed by atoms with Gasteiger partial charge in [0.1, 0.15) is 16.6 Å². The predicted molar refractivity (Wildman–Crippen MR) is 103 cm³/mol. The second-order valence-electron chi connectivity index (χ2n) is 5.94. The number of nitrogens with zero attached hydrogens (tertiary/aromatic N) is 1. The molecule has 28 heavy (non-hydrogen) atoms. The van der Waals surface area contributed by atoms with E-state index in [9.17, 15) is 19.1 Å². The third-order valence-corrected chi connectivity index (χ3v) is 4.91. The van der Waals surface area contributed by atoms with Gasteiger partial charge in [0, 0.05) is 10.9 Å². The zero-order valence-electron chi connectivity index (χ0n) is 14.9. The number of halogens is 1. The van der Waals surface area contributed by atoms with Crippen LogP contribution in [-0.2, 0) is 16.0 Å². The fraction of sp³-hybridized carbons (Fsp3) is 0.150. The Morgan fingerprint density at radius 3 is 2.64 bits per heavy atom. The molecule has 2 N–H and O–H groups in total. The van der Waals surface area contributed by atoms with Gasteiger partial charge in [0.25, 0.3) is 0 Å². The summed E-state index contributed by atoms with van der Waals surface area (Å²) in [6.07, 6.45) is -0.0776. The van der Waals surface area contributed by atoms with Gasteiger partial charge in [-0.2, -0.15) is 0 Å². The average Bonchev–Trinajstić information content (AvgIpc) is 3.14. The summed E-state index contributed by atoms with van der Waals surface area (Å²) in [5, 5.41) is 14.2. The molecule has 2 aromatic carbocycles. The van der Waals surface area contributed by atoms with Crippen LogP contribution in [0.5, 0.6) is 5.75 Å². The molecule has 1 atom stereocenters. The summed E-state index contributed by atoms with van der Waals surface area (Å²) in [5.41, 5.74) is 1.54. The second-order valence-corrected chi connectivity index (χ2v) is 6.80. The molecule has 8 heteroatoms. The number of hydrogen-bond donors (Lipinski definition) is 2. The van der Waals surface area contributed by atoms with E-state index in [1.54, 1.807) is 41.8 Å². The van der Waals surface area contributed by atoms with Gasteiger partial charge < -0.3 is 15.2 Å². The molecule has 0 aliphatic rings. The highest BCUT2D eigenvalue weighted by atomic mass is 32.1. The van der Waals surface area contributed by atoms with Crippen LogP contribution < -0.4 is 10.1 Å². The van der Waals surface area contributed by atoms with Crippen molar-refractivity contribution in [1.29, 1.82) is 0 Å². The van der Waals surface area contributed by atoms with E-state index in [2.05, 4.69) is 10.3 Å². The quantitative estimate of drug-likeness (QED) is 0.634. The molecule has 1 amide bonds. The molecule has 6 nitrogen and oxygen atoms in total. The van der Waals surface area contributed by atoms with E-state index >= 15 is 0 Å². The zero-order valence-corrected chi connectivity index (χ0v) is 15.7. The van der Waals surface area contributed by atoms with Crippen molar-refractivity contribution in [3.63, 3.8) is 0 Å². The van der Waals surface area contributed by atoms with Gasteiger partial charge in [0.15, 0.2) is 6.04 Å². The first-order valence-electron chi connectivity index (χ1n) is 8.32. The average molecular weight is 400 g/mol. The summed E-state index contributed by atoms with van der Waals surface area (Å²) in [6.45, 7) is 0. The van der Waals surface area contributed by atoms with Crippen molar-refractivity contribution in [2.24, 2.45) is 0 Å². The number of aliphatic carboxylic acids is 1. The first kappa shape index (κ1) is 19.5. The lowest BCUT2D eigenvalue weighted by Gasteiger charge is -2.15. The predicted octanol–water partition coefficient (Wildman–Crippen LogP) is 3.44. The molecule has 3 aromatic rings. The van der Waals surface area contributed by atoms with E-state index in [0.717, 1.165) is 0 Å². The molecule has 3 rings (SSSR count). The standard InChI is InChI=1S/C20H17FN2O4S/c1-27-16-7-5-12(6-8-16)18(20(25)26)23-17(24)10-15-11-28-19(22-15)13-3-2-4-14(21)9-13/h2-9,11,18H,10H2,1H3,(H,23,24)(H,25,26). The van der Waals surface area contributed by atoms with E-state index in [1.807, 2.05) is 0 Å². The van der Waals surface area contributed by atoms with Crippen molar-refractivity contribution in [2.45, 2.75) is 12.5 Å². The van der Waals surface area contributed by atoms with Gasteiger partial charge >= 0.3 is 5.97 Å². The topological polar surface area (TPSA) is 88.5 Å². The first-order valence-corrected chi connectivity index (χ1v) is 9.20. The molecule has 0 aliphatic heterocycles. The molecule has 0 saturated carbocycles. The van der Waals surface area contributed by atoms with Gasteiger partial charge in [-0.3, -0.25) is 4.79 Å². The van der Waals surface area contributed by atoms with Crippen LogP contribution in [0.3, 0.4) is 0 Å². The van der Waals surface area contributed by atoms with E-state index in [1.165, 1.54) is 30.6 Å². The number of hydrogen-bond acceptors (Lipinski definition) is 5. The minimum Gasteiger partial charge on any atom is -0.497 e. The number of carbonyl (C=O) groups excluding carboxylic acids is 1. The lowest BCUT2D eigenvalue weighted by atomic mass is 10.1. The normalized spacial score (nSPS) is 11.6. The fourth-order valence-corrected chi connectivity index (χ4v) is 3.42. The first-order chi connectivity index (χ1) is 13.5. The van der Waals surface area contributed by atoms with Gasteiger partial charge in [-0.15, -0.1) is 11.3 Å². The lowest BCUT2D eigenvalue weighted by molar-refractivity contribution is -0.142. The fourth-order valence-electron chi connectivity index (χ4n) is 2.60. The molecule has 0 saturated heterocycles. The Labute approximate surface area is 164 Å². The highest BCUT2D eigenvalue weighted by molar-refractivity contribution is 7.13. The molecule has 0 bridgehead atoms. The number of carboxylic acid groups (broad SMARTS) is 1. The van der Waals surface area contributed by atoms with Crippen molar-refractivity contribution in [3.8, 4) is 16.3 Å². The Morgan fingerprint density at radius 1 is 1.25 bits per heavy atom. The van der Waals surface area contributed by atoms with Gasteiger partial charge in [-0.25, -0.2) is 14.2 Å². The number of carbonyl (C=O) groups is 2. The summed E-state index contributed by atoms with van der Waals surface area (Å²) >= 11 is 1.29. The van der Waals surface area contributed by atoms with Crippen LogP contribution >= 0.6 is 11.3 Å². The van der Waals surface area contributed by atoms with E-state index in [0.29, 0.717) is 27.6 Å². The van der Waals surface area contributed by atoms with Crippen LogP contribution in [0.4, 0.5) is 4.39 Å². The number of thiazole rings is 1. The van der Waals surface area contributed by atoms with Crippen molar-refractivity contribution < 1.29 is 23.8 Å². The van der Waals surface area contributed by atoms with Crippen molar-refractivity contribution in [2.75, 3.05) is 7.11 Å². The van der Waals surface area contributed by atoms with Crippen LogP contribution in [-0.4, -0.2) is 29.1 Å². The van der Waals surface area contributed by atoms with E-state index < -0.39 is 17.9 Å². The number of nitrogens with one attached hydrogen (secondary N) is 1. The minimum absolute atomic E-state index is 0.0776. The molecule has 1 unspecified atom stereocenters. The number of methoxy groups -OCH3 is 1. The summed E-state index contributed by atoms with van der Waals surface area (Å²) in [7, 11) is 1.51. The Morgan fingerprint density at radius 2 is 2.00 bits per heavy atom. The Bertz CT molecular complexity index is 988. The van der Waals surface area contributed by atoms with E-state index in [-0.39, 0.29) is 12.2 Å². The van der Waals surface area contributed by atoms with Crippen molar-refractivity contribution in [3.05, 3.63) is 71.0 Å². The molecule has 0 aliphatic carbocycles. The Kier molecular flexibility index (Phi) is 6.00. The molecule has 1 heterocycles. The second kappa shape index (κ2) is 8.62. The Balaban J connectivity index is 1.69. The van der Waals surface area contributed by atoms with Gasteiger partial charge in [0.2, 0.25) is 5.91 Å². The number of rotatable bonds is 7. The summed E-state index contributed by atoms with van der Waals surface area (Å²) < 4.78 is 18.4. The smallest absolute Gasteiger partial charge is 0.330 e. The zero-order chi connectivity index (χ0) is 20.1. The van der Waals surface area contributed by atoms with Crippen molar-refractivity contribution >= 4 is 23.2 Å². The molecule has 1 aromatic heterocycles. The van der Waals surface area contributed by atoms with Crippen LogP contribution in [0.15, 0.2) is 53.9 Å². The SMILES string of the molecule is COc1ccc(C(NC(=O)Cc2csc(-c3cccc(F)c3)n2)C(=O)O)cc1. The van der Waals surface area contributed by atoms with Crippen LogP contribution in [0.1, 0.15) is 17.3 Å². The maximum atomic E-state index is 13.3. The molecule has 0 radical (unpaired) electrons.